The van der Waals surface area contributed by atoms with E-state index in [1.165, 1.54) is 27.6 Å². The number of rotatable bonds is 16. The number of aliphatic hydroxyl groups excluding tert-OH is 1. The van der Waals surface area contributed by atoms with Gasteiger partial charge in [0.15, 0.2) is 0 Å². The molecule has 0 aliphatic heterocycles. The highest BCUT2D eigenvalue weighted by atomic mass is 32.1. The van der Waals surface area contributed by atoms with Gasteiger partial charge in [-0.1, -0.05) is 74.5 Å². The monoisotopic (exact) mass is 678 g/mol. The Balaban J connectivity index is 1.47. The van der Waals surface area contributed by atoms with E-state index >= 15 is 0 Å². The minimum Gasteiger partial charge on any atom is -0.444 e. The van der Waals surface area contributed by atoms with Gasteiger partial charge in [-0.15, -0.1) is 22.7 Å². The standard InChI is InChI=1S/C34H42N6O5S2/c1-23(2)31(39-33(43)40(3)18-27-20-46-22-36-27)32(42)37-26(14-24-10-6-4-7-11-24)16-30(41)29(15-25-12-8-5-9-13-25)38-34(44)45-19-28-17-35-21-47-28/h4-13,17,20-23,26,29-31,41H,14-16,18-19H2,1-3H3,(H,37,42)(H,38,44)(H,39,43)/t26-,29-,30-,31-/m0/s1. The van der Waals surface area contributed by atoms with Crippen molar-refractivity contribution in [3.8, 4) is 0 Å². The predicted octanol–water partition coefficient (Wildman–Crippen LogP) is 4.78. The van der Waals surface area contributed by atoms with E-state index in [4.69, 9.17) is 4.74 Å². The van der Waals surface area contributed by atoms with E-state index in [9.17, 15) is 19.5 Å². The van der Waals surface area contributed by atoms with Gasteiger partial charge in [0.2, 0.25) is 5.91 Å². The number of ether oxygens (including phenoxy) is 1. The quantitative estimate of drug-likeness (QED) is 0.133. The highest BCUT2D eigenvalue weighted by Gasteiger charge is 2.31. The van der Waals surface area contributed by atoms with E-state index in [0.717, 1.165) is 21.7 Å². The number of urea groups is 1. The number of nitrogens with one attached hydrogen (secondary N) is 3. The summed E-state index contributed by atoms with van der Waals surface area (Å²) in [6.07, 6.45) is 0.842. The molecule has 0 radical (unpaired) electrons. The fraction of sp³-hybridized carbons (Fsp3) is 0.382. The number of aromatic nitrogens is 2. The van der Waals surface area contributed by atoms with Gasteiger partial charge in [0.1, 0.15) is 12.6 Å². The number of alkyl carbamates (subject to hydrolysis) is 1. The Morgan fingerprint density at radius 3 is 2.21 bits per heavy atom. The average molecular weight is 679 g/mol. The Morgan fingerprint density at radius 1 is 0.936 bits per heavy atom. The Labute approximate surface area is 283 Å². The van der Waals surface area contributed by atoms with Crippen molar-refractivity contribution in [2.45, 2.75) is 70.5 Å². The lowest BCUT2D eigenvalue weighted by atomic mass is 9.93. The molecule has 2 aromatic carbocycles. The van der Waals surface area contributed by atoms with Crippen LogP contribution in [-0.4, -0.2) is 69.3 Å². The maximum absolute atomic E-state index is 13.7. The molecule has 4 amide bonds. The molecule has 0 aliphatic carbocycles. The first-order chi connectivity index (χ1) is 22.7. The SMILES string of the molecule is CC(C)[C@H](NC(=O)N(C)Cc1cscn1)C(=O)N[C@@H](Cc1ccccc1)C[C@H](O)[C@H](Cc1ccccc1)NC(=O)OCc1cncs1. The summed E-state index contributed by atoms with van der Waals surface area (Å²) in [4.78, 5) is 50.2. The Bertz CT molecular complexity index is 1510. The first-order valence-corrected chi connectivity index (χ1v) is 17.3. The van der Waals surface area contributed by atoms with Crippen LogP contribution in [-0.2, 0) is 35.5 Å². The Morgan fingerprint density at radius 2 is 1.62 bits per heavy atom. The van der Waals surface area contributed by atoms with Crippen LogP contribution in [0.3, 0.4) is 0 Å². The number of hydrogen-bond acceptors (Lipinski definition) is 9. The summed E-state index contributed by atoms with van der Waals surface area (Å²) in [5.41, 5.74) is 6.03. The predicted molar refractivity (Wildman–Crippen MR) is 183 cm³/mol. The van der Waals surface area contributed by atoms with Gasteiger partial charge in [-0.2, -0.15) is 0 Å². The molecule has 2 aromatic heterocycles. The third-order valence-electron chi connectivity index (χ3n) is 7.55. The van der Waals surface area contributed by atoms with Crippen molar-refractivity contribution in [1.82, 2.24) is 30.8 Å². The Hall–Kier alpha value is -4.33. The molecule has 2 heterocycles. The minimum atomic E-state index is -1.04. The minimum absolute atomic E-state index is 0.0681. The van der Waals surface area contributed by atoms with Crippen LogP contribution >= 0.6 is 22.7 Å². The molecule has 0 bridgehead atoms. The molecule has 13 heteroatoms. The lowest BCUT2D eigenvalue weighted by Gasteiger charge is -2.30. The molecule has 0 fully saturated rings. The molecule has 0 unspecified atom stereocenters. The van der Waals surface area contributed by atoms with Crippen molar-refractivity contribution >= 4 is 40.7 Å². The van der Waals surface area contributed by atoms with E-state index in [0.29, 0.717) is 19.4 Å². The van der Waals surface area contributed by atoms with Crippen molar-refractivity contribution in [1.29, 1.82) is 0 Å². The molecular weight excluding hydrogens is 637 g/mol. The molecule has 0 saturated heterocycles. The van der Waals surface area contributed by atoms with Gasteiger partial charge in [-0.3, -0.25) is 9.78 Å². The summed E-state index contributed by atoms with van der Waals surface area (Å²) < 4.78 is 5.41. The first-order valence-electron chi connectivity index (χ1n) is 15.4. The fourth-order valence-corrected chi connectivity index (χ4v) is 6.10. The molecule has 4 N–H and O–H groups in total. The number of thiazole rings is 2. The van der Waals surface area contributed by atoms with Crippen LogP contribution < -0.4 is 16.0 Å². The lowest BCUT2D eigenvalue weighted by molar-refractivity contribution is -0.124. The molecule has 11 nitrogen and oxygen atoms in total. The lowest BCUT2D eigenvalue weighted by Crippen LogP contribution is -2.55. The number of aliphatic hydroxyl groups is 1. The van der Waals surface area contributed by atoms with Crippen LogP contribution in [0.4, 0.5) is 9.59 Å². The zero-order valence-corrected chi connectivity index (χ0v) is 28.4. The van der Waals surface area contributed by atoms with Crippen LogP contribution in [0.5, 0.6) is 0 Å². The fourth-order valence-electron chi connectivity index (χ4n) is 5.04. The van der Waals surface area contributed by atoms with Gasteiger partial charge in [0.25, 0.3) is 0 Å². The smallest absolute Gasteiger partial charge is 0.407 e. The summed E-state index contributed by atoms with van der Waals surface area (Å²) >= 11 is 2.83. The van der Waals surface area contributed by atoms with E-state index in [-0.39, 0.29) is 24.9 Å². The summed E-state index contributed by atoms with van der Waals surface area (Å²) in [6, 6.07) is 16.8. The number of benzene rings is 2. The molecule has 47 heavy (non-hydrogen) atoms. The van der Waals surface area contributed by atoms with E-state index < -0.39 is 36.4 Å². The largest absolute Gasteiger partial charge is 0.444 e. The van der Waals surface area contributed by atoms with E-state index in [2.05, 4.69) is 25.9 Å². The van der Waals surface area contributed by atoms with E-state index in [1.807, 2.05) is 79.9 Å². The van der Waals surface area contributed by atoms with Gasteiger partial charge in [0, 0.05) is 24.7 Å². The van der Waals surface area contributed by atoms with Gasteiger partial charge < -0.3 is 30.7 Å². The normalized spacial score (nSPS) is 13.6. The molecule has 4 atom stereocenters. The van der Waals surface area contributed by atoms with Crippen molar-refractivity contribution in [3.05, 3.63) is 105 Å². The molecule has 4 aromatic rings. The van der Waals surface area contributed by atoms with Crippen LogP contribution in [0, 0.1) is 5.92 Å². The molecule has 4 rings (SSSR count). The zero-order valence-electron chi connectivity index (χ0n) is 26.7. The second-order valence-corrected chi connectivity index (χ2v) is 13.4. The Kier molecular flexibility index (Phi) is 13.7. The summed E-state index contributed by atoms with van der Waals surface area (Å²) in [5, 5.41) is 22.3. The molecule has 0 spiro atoms. The zero-order chi connectivity index (χ0) is 33.6. The second-order valence-electron chi connectivity index (χ2n) is 11.7. The average Bonchev–Trinajstić information content (AvgIpc) is 3.78. The molecule has 0 aliphatic rings. The second kappa shape index (κ2) is 18.1. The number of nitrogens with zero attached hydrogens (tertiary/aromatic N) is 3. The van der Waals surface area contributed by atoms with Crippen molar-refractivity contribution in [2.24, 2.45) is 5.92 Å². The van der Waals surface area contributed by atoms with Crippen molar-refractivity contribution in [2.75, 3.05) is 7.05 Å². The molecule has 250 valence electrons. The van der Waals surface area contributed by atoms with Crippen LogP contribution in [0.1, 0.15) is 42.0 Å². The van der Waals surface area contributed by atoms with Gasteiger partial charge in [-0.25, -0.2) is 14.6 Å². The number of carbonyl (C=O) groups excluding carboxylic acids is 3. The topological polar surface area (TPSA) is 146 Å². The maximum Gasteiger partial charge on any atom is 0.407 e. The highest BCUT2D eigenvalue weighted by Crippen LogP contribution is 2.16. The maximum atomic E-state index is 13.7. The van der Waals surface area contributed by atoms with E-state index in [1.54, 1.807) is 24.3 Å². The van der Waals surface area contributed by atoms with Crippen LogP contribution in [0.25, 0.3) is 0 Å². The summed E-state index contributed by atoms with van der Waals surface area (Å²) in [5.74, 6) is -0.574. The highest BCUT2D eigenvalue weighted by molar-refractivity contribution is 7.09. The number of hydrogen-bond donors (Lipinski definition) is 4. The molecule has 0 saturated carbocycles. The number of carbonyl (C=O) groups is 3. The van der Waals surface area contributed by atoms with Crippen molar-refractivity contribution in [3.63, 3.8) is 0 Å². The number of amides is 4. The van der Waals surface area contributed by atoms with Gasteiger partial charge in [0.05, 0.1) is 40.3 Å². The van der Waals surface area contributed by atoms with Crippen molar-refractivity contribution < 1.29 is 24.2 Å². The van der Waals surface area contributed by atoms with Crippen LogP contribution in [0.15, 0.2) is 83.3 Å². The van der Waals surface area contributed by atoms with Gasteiger partial charge in [-0.05, 0) is 36.3 Å². The third kappa shape index (κ3) is 11.8. The molecular formula is C34H42N6O5S2. The van der Waals surface area contributed by atoms with Crippen LogP contribution in [0.2, 0.25) is 0 Å². The summed E-state index contributed by atoms with van der Waals surface area (Å²) in [7, 11) is 1.65. The third-order valence-corrected chi connectivity index (χ3v) is 8.94. The first kappa shape index (κ1) is 35.5. The van der Waals surface area contributed by atoms with Gasteiger partial charge >= 0.3 is 12.1 Å². The summed E-state index contributed by atoms with van der Waals surface area (Å²) in [6.45, 7) is 4.11.